The first-order chi connectivity index (χ1) is 21.1. The number of rotatable bonds is 9. The molecule has 1 aromatic carbocycles. The van der Waals surface area contributed by atoms with E-state index in [0.717, 1.165) is 23.8 Å². The number of likely N-dealkylation sites (tertiary alicyclic amines) is 1. The van der Waals surface area contributed by atoms with Gasteiger partial charge in [-0.25, -0.2) is 9.97 Å². The molecule has 0 bridgehead atoms. The van der Waals surface area contributed by atoms with Crippen LogP contribution < -0.4 is 10.6 Å². The molecular formula is C31H35F3N6O4. The molecule has 5 rings (SSSR count). The van der Waals surface area contributed by atoms with Gasteiger partial charge < -0.3 is 25.4 Å². The van der Waals surface area contributed by atoms with Gasteiger partial charge in [0.25, 0.3) is 5.91 Å². The fourth-order valence-corrected chi connectivity index (χ4v) is 5.99. The number of benzene rings is 1. The van der Waals surface area contributed by atoms with E-state index in [1.54, 1.807) is 36.7 Å². The highest BCUT2D eigenvalue weighted by molar-refractivity contribution is 5.96. The Labute approximate surface area is 253 Å². The van der Waals surface area contributed by atoms with Crippen LogP contribution in [0.4, 0.5) is 13.2 Å². The fourth-order valence-electron chi connectivity index (χ4n) is 5.99. The summed E-state index contributed by atoms with van der Waals surface area (Å²) in [6, 6.07) is 9.41. The number of hydrogen-bond donors (Lipinski definition) is 3. The molecule has 0 radical (unpaired) electrons. The van der Waals surface area contributed by atoms with Crippen LogP contribution >= 0.6 is 0 Å². The second-order valence-electron chi connectivity index (χ2n) is 11.3. The van der Waals surface area contributed by atoms with Crippen LogP contribution in [0.1, 0.15) is 53.7 Å². The molecule has 2 aliphatic rings. The smallest absolute Gasteiger partial charge is 0.384 e. The summed E-state index contributed by atoms with van der Waals surface area (Å²) in [4.78, 5) is 40.2. The molecule has 2 atom stereocenters. The van der Waals surface area contributed by atoms with Crippen molar-refractivity contribution in [2.45, 2.75) is 62.0 Å². The monoisotopic (exact) mass is 612 g/mol. The van der Waals surface area contributed by atoms with E-state index in [-0.39, 0.29) is 36.1 Å². The van der Waals surface area contributed by atoms with Crippen LogP contribution in [0.25, 0.3) is 11.4 Å². The Balaban J connectivity index is 1.13. The summed E-state index contributed by atoms with van der Waals surface area (Å²) in [6.07, 6.45) is 3.56. The van der Waals surface area contributed by atoms with Gasteiger partial charge in [-0.1, -0.05) is 6.07 Å². The standard InChI is InChI=1S/C31H35F3N6O4/c1-44-19-25-15-24(18-40(25)27(41)17-38-29(42)20-4-2-5-22(14-20)31(32,33)34)39-23-8-10-30(43,11-9-23)26-7-6-21(16-37-26)28-35-12-3-13-36-28/h2-7,12-14,16,23-25,39,43H,8-11,15,17-19H2,1H3,(H,38,42)/t23?,24-,25-,30?/m0/s1. The lowest BCUT2D eigenvalue weighted by Gasteiger charge is -2.37. The van der Waals surface area contributed by atoms with Crippen molar-refractivity contribution >= 4 is 11.8 Å². The fraction of sp³-hybridized carbons (Fsp3) is 0.452. The summed E-state index contributed by atoms with van der Waals surface area (Å²) in [7, 11) is 1.55. The summed E-state index contributed by atoms with van der Waals surface area (Å²) in [6.45, 7) is 0.365. The lowest BCUT2D eigenvalue weighted by atomic mass is 9.79. The molecule has 3 aromatic rings. The SMILES string of the molecule is COC[C@@H]1C[C@H](NC2CCC(O)(c3ccc(-c4ncccn4)cn3)CC2)CN1C(=O)CNC(=O)c1cccc(C(F)(F)F)c1. The minimum Gasteiger partial charge on any atom is -0.384 e. The maximum absolute atomic E-state index is 13.1. The Hall–Kier alpha value is -3.94. The number of carbonyl (C=O) groups is 2. The number of aromatic nitrogens is 3. The molecule has 1 aliphatic carbocycles. The van der Waals surface area contributed by atoms with Gasteiger partial charge in [-0.15, -0.1) is 0 Å². The molecule has 234 valence electrons. The highest BCUT2D eigenvalue weighted by atomic mass is 19.4. The van der Waals surface area contributed by atoms with Crippen LogP contribution in [0.15, 0.2) is 61.1 Å². The molecule has 2 aromatic heterocycles. The van der Waals surface area contributed by atoms with Crippen molar-refractivity contribution in [1.29, 1.82) is 0 Å². The lowest BCUT2D eigenvalue weighted by Crippen LogP contribution is -2.47. The number of alkyl halides is 3. The molecule has 13 heteroatoms. The molecule has 44 heavy (non-hydrogen) atoms. The zero-order valence-electron chi connectivity index (χ0n) is 24.3. The topological polar surface area (TPSA) is 130 Å². The number of methoxy groups -OCH3 is 1. The first-order valence-electron chi connectivity index (χ1n) is 14.5. The van der Waals surface area contributed by atoms with Crippen LogP contribution in [-0.4, -0.2) is 81.7 Å². The Morgan fingerprint density at radius 2 is 1.82 bits per heavy atom. The van der Waals surface area contributed by atoms with Crippen LogP contribution in [0, 0.1) is 0 Å². The van der Waals surface area contributed by atoms with Gasteiger partial charge in [0.1, 0.15) is 5.60 Å². The van der Waals surface area contributed by atoms with Crippen molar-refractivity contribution in [3.05, 3.63) is 77.9 Å². The number of ether oxygens (including phenoxy) is 1. The molecule has 2 fully saturated rings. The van der Waals surface area contributed by atoms with Crippen molar-refractivity contribution in [1.82, 2.24) is 30.5 Å². The summed E-state index contributed by atoms with van der Waals surface area (Å²) < 4.78 is 44.4. The molecule has 2 amide bonds. The van der Waals surface area contributed by atoms with Crippen molar-refractivity contribution in [3.63, 3.8) is 0 Å². The third-order valence-electron chi connectivity index (χ3n) is 8.29. The quantitative estimate of drug-likeness (QED) is 0.336. The maximum atomic E-state index is 13.1. The van der Waals surface area contributed by atoms with Crippen molar-refractivity contribution in [2.75, 3.05) is 26.8 Å². The Morgan fingerprint density at radius 3 is 2.48 bits per heavy atom. The number of pyridine rings is 1. The van der Waals surface area contributed by atoms with Gasteiger partial charge in [0.15, 0.2) is 5.82 Å². The van der Waals surface area contributed by atoms with Gasteiger partial charge in [0.05, 0.1) is 30.5 Å². The maximum Gasteiger partial charge on any atom is 0.416 e. The zero-order valence-corrected chi connectivity index (χ0v) is 24.3. The van der Waals surface area contributed by atoms with Gasteiger partial charge in [-0.2, -0.15) is 13.2 Å². The number of amides is 2. The summed E-state index contributed by atoms with van der Waals surface area (Å²) >= 11 is 0. The van der Waals surface area contributed by atoms with Gasteiger partial charge in [0, 0.05) is 55.5 Å². The van der Waals surface area contributed by atoms with E-state index in [2.05, 4.69) is 25.6 Å². The average Bonchev–Trinajstić information content (AvgIpc) is 3.43. The summed E-state index contributed by atoms with van der Waals surface area (Å²) in [5.74, 6) is -0.528. The summed E-state index contributed by atoms with van der Waals surface area (Å²) in [5, 5.41) is 17.5. The van der Waals surface area contributed by atoms with Crippen molar-refractivity contribution < 1.29 is 32.6 Å². The molecule has 3 N–H and O–H groups in total. The van der Waals surface area contributed by atoms with E-state index < -0.39 is 23.2 Å². The Morgan fingerprint density at radius 1 is 1.07 bits per heavy atom. The number of aliphatic hydroxyl groups is 1. The third kappa shape index (κ3) is 7.40. The van der Waals surface area contributed by atoms with E-state index in [4.69, 9.17) is 4.74 Å². The van der Waals surface area contributed by atoms with Gasteiger partial charge in [0.2, 0.25) is 5.91 Å². The first-order valence-corrected chi connectivity index (χ1v) is 14.5. The lowest BCUT2D eigenvalue weighted by molar-refractivity contribution is -0.137. The number of nitrogens with zero attached hydrogens (tertiary/aromatic N) is 4. The normalized spacial score (nSPS) is 23.8. The molecule has 1 saturated carbocycles. The number of halogens is 3. The second-order valence-corrected chi connectivity index (χ2v) is 11.3. The molecule has 0 spiro atoms. The van der Waals surface area contributed by atoms with Crippen molar-refractivity contribution in [3.8, 4) is 11.4 Å². The van der Waals surface area contributed by atoms with E-state index in [0.29, 0.717) is 56.8 Å². The zero-order chi connectivity index (χ0) is 31.3. The average molecular weight is 613 g/mol. The van der Waals surface area contributed by atoms with Crippen molar-refractivity contribution in [2.24, 2.45) is 0 Å². The largest absolute Gasteiger partial charge is 0.416 e. The van der Waals surface area contributed by atoms with Crippen LogP contribution in [-0.2, 0) is 21.3 Å². The second kappa shape index (κ2) is 13.4. The number of nitrogens with one attached hydrogen (secondary N) is 2. The summed E-state index contributed by atoms with van der Waals surface area (Å²) in [5.41, 5.74) is -0.758. The number of carbonyl (C=O) groups excluding carboxylic acids is 2. The third-order valence-corrected chi connectivity index (χ3v) is 8.29. The van der Waals surface area contributed by atoms with Crippen LogP contribution in [0.5, 0.6) is 0 Å². The first kappa shape index (κ1) is 31.5. The Kier molecular flexibility index (Phi) is 9.56. The van der Waals surface area contributed by atoms with E-state index >= 15 is 0 Å². The minimum atomic E-state index is -4.57. The predicted octanol–water partition coefficient (Wildman–Crippen LogP) is 3.32. The van der Waals surface area contributed by atoms with E-state index in [1.165, 1.54) is 6.07 Å². The molecular weight excluding hydrogens is 577 g/mol. The minimum absolute atomic E-state index is 0.0160. The molecule has 3 heterocycles. The van der Waals surface area contributed by atoms with Crippen LogP contribution in [0.3, 0.4) is 0 Å². The van der Waals surface area contributed by atoms with E-state index in [9.17, 15) is 27.9 Å². The highest BCUT2D eigenvalue weighted by Gasteiger charge is 2.40. The Bertz CT molecular complexity index is 1430. The van der Waals surface area contributed by atoms with Crippen LogP contribution in [0.2, 0.25) is 0 Å². The number of hydrogen-bond acceptors (Lipinski definition) is 8. The van der Waals surface area contributed by atoms with Gasteiger partial charge >= 0.3 is 6.18 Å². The molecule has 1 saturated heterocycles. The predicted molar refractivity (Wildman–Crippen MR) is 154 cm³/mol. The molecule has 1 aliphatic heterocycles. The van der Waals surface area contributed by atoms with E-state index in [1.807, 2.05) is 12.1 Å². The molecule has 0 unspecified atom stereocenters. The highest BCUT2D eigenvalue weighted by Crippen LogP contribution is 2.37. The van der Waals surface area contributed by atoms with Gasteiger partial charge in [-0.05, 0) is 68.5 Å². The van der Waals surface area contributed by atoms with Gasteiger partial charge in [-0.3, -0.25) is 14.6 Å². The molecule has 10 nitrogen and oxygen atoms in total.